The van der Waals surface area contributed by atoms with Gasteiger partial charge in [-0.2, -0.15) is 0 Å². The smallest absolute Gasteiger partial charge is 0.330 e. The summed E-state index contributed by atoms with van der Waals surface area (Å²) in [4.78, 5) is 12.0. The van der Waals surface area contributed by atoms with E-state index < -0.39 is 0 Å². The first-order chi connectivity index (χ1) is 10.9. The average molecular weight is 321 g/mol. The summed E-state index contributed by atoms with van der Waals surface area (Å²) in [5.74, 6) is 3.48. The first kappa shape index (κ1) is 18.5. The predicted molar refractivity (Wildman–Crippen MR) is 96.1 cm³/mol. The van der Waals surface area contributed by atoms with E-state index in [1.54, 1.807) is 0 Å². The number of rotatable bonds is 5. The van der Waals surface area contributed by atoms with Gasteiger partial charge in [0.1, 0.15) is 5.60 Å². The molecule has 2 rings (SSSR count). The fourth-order valence-corrected chi connectivity index (χ4v) is 4.94. The van der Waals surface area contributed by atoms with Crippen LogP contribution in [0, 0.1) is 29.6 Å². The van der Waals surface area contributed by atoms with Crippen LogP contribution in [-0.2, 0) is 9.53 Å². The minimum absolute atomic E-state index is 0.210. The SMILES string of the molecule is C=CC(=O)OC1(C2CCC(C(C)C)CC2)CCC(C(C)C)CC1. The van der Waals surface area contributed by atoms with E-state index in [-0.39, 0.29) is 11.6 Å². The van der Waals surface area contributed by atoms with Crippen LogP contribution in [0.2, 0.25) is 0 Å². The molecule has 0 spiro atoms. The lowest BCUT2D eigenvalue weighted by Crippen LogP contribution is -2.47. The molecule has 132 valence electrons. The zero-order valence-corrected chi connectivity index (χ0v) is 15.6. The van der Waals surface area contributed by atoms with Gasteiger partial charge in [-0.3, -0.25) is 0 Å². The summed E-state index contributed by atoms with van der Waals surface area (Å²) in [6.07, 6.45) is 10.9. The molecule has 0 amide bonds. The van der Waals surface area contributed by atoms with Crippen molar-refractivity contribution in [2.75, 3.05) is 0 Å². The second-order valence-electron chi connectivity index (χ2n) is 8.63. The third-order valence-electron chi connectivity index (χ3n) is 6.75. The fraction of sp³-hybridized carbons (Fsp3) is 0.857. The molecule has 0 bridgehead atoms. The molecule has 2 saturated carbocycles. The van der Waals surface area contributed by atoms with E-state index >= 15 is 0 Å². The van der Waals surface area contributed by atoms with Crippen LogP contribution in [0.25, 0.3) is 0 Å². The minimum atomic E-state index is -0.223. The maximum Gasteiger partial charge on any atom is 0.330 e. The number of hydrogen-bond acceptors (Lipinski definition) is 2. The average Bonchev–Trinajstić information content (AvgIpc) is 2.55. The highest BCUT2D eigenvalue weighted by Crippen LogP contribution is 2.48. The minimum Gasteiger partial charge on any atom is -0.456 e. The number of hydrogen-bond donors (Lipinski definition) is 0. The maximum absolute atomic E-state index is 12.0. The van der Waals surface area contributed by atoms with E-state index in [1.807, 2.05) is 0 Å². The van der Waals surface area contributed by atoms with E-state index in [4.69, 9.17) is 4.74 Å². The van der Waals surface area contributed by atoms with Gasteiger partial charge in [0, 0.05) is 6.08 Å². The van der Waals surface area contributed by atoms with Gasteiger partial charge in [0.25, 0.3) is 0 Å². The fourth-order valence-electron chi connectivity index (χ4n) is 4.94. The Hall–Kier alpha value is -0.790. The molecule has 23 heavy (non-hydrogen) atoms. The Kier molecular flexibility index (Phi) is 6.33. The van der Waals surface area contributed by atoms with Gasteiger partial charge >= 0.3 is 5.97 Å². The van der Waals surface area contributed by atoms with Crippen LogP contribution in [0.4, 0.5) is 0 Å². The van der Waals surface area contributed by atoms with E-state index in [1.165, 1.54) is 44.6 Å². The molecule has 0 aromatic heterocycles. The van der Waals surface area contributed by atoms with Crippen molar-refractivity contribution in [3.05, 3.63) is 12.7 Å². The Labute approximate surface area is 143 Å². The van der Waals surface area contributed by atoms with Crippen LogP contribution in [0.3, 0.4) is 0 Å². The summed E-state index contributed by atoms with van der Waals surface area (Å²) in [7, 11) is 0. The third-order valence-corrected chi connectivity index (χ3v) is 6.75. The van der Waals surface area contributed by atoms with E-state index in [0.717, 1.165) is 36.5 Å². The van der Waals surface area contributed by atoms with Gasteiger partial charge in [-0.25, -0.2) is 4.79 Å². The topological polar surface area (TPSA) is 26.3 Å². The highest BCUT2D eigenvalue weighted by atomic mass is 16.6. The van der Waals surface area contributed by atoms with Crippen molar-refractivity contribution >= 4 is 5.97 Å². The summed E-state index contributed by atoms with van der Waals surface area (Å²) in [6.45, 7) is 12.9. The molecule has 2 nitrogen and oxygen atoms in total. The first-order valence-corrected chi connectivity index (χ1v) is 9.73. The molecule has 0 heterocycles. The Morgan fingerprint density at radius 3 is 1.87 bits per heavy atom. The van der Waals surface area contributed by atoms with Crippen molar-refractivity contribution in [1.82, 2.24) is 0 Å². The molecule has 0 saturated heterocycles. The van der Waals surface area contributed by atoms with Gasteiger partial charge < -0.3 is 4.74 Å². The lowest BCUT2D eigenvalue weighted by Gasteiger charge is -2.48. The quantitative estimate of drug-likeness (QED) is 0.475. The Morgan fingerprint density at radius 1 is 0.957 bits per heavy atom. The molecule has 0 aromatic carbocycles. The molecule has 0 aliphatic heterocycles. The normalized spacial score (nSPS) is 35.3. The Balaban J connectivity index is 2.06. The molecule has 0 unspecified atom stereocenters. The molecule has 0 atom stereocenters. The number of ether oxygens (including phenoxy) is 1. The Morgan fingerprint density at radius 2 is 1.43 bits per heavy atom. The van der Waals surface area contributed by atoms with Gasteiger partial charge in [0.2, 0.25) is 0 Å². The van der Waals surface area contributed by atoms with Gasteiger partial charge in [0.15, 0.2) is 0 Å². The van der Waals surface area contributed by atoms with Crippen molar-refractivity contribution in [1.29, 1.82) is 0 Å². The van der Waals surface area contributed by atoms with Gasteiger partial charge in [-0.1, -0.05) is 34.3 Å². The van der Waals surface area contributed by atoms with Crippen LogP contribution in [0.1, 0.15) is 79.1 Å². The van der Waals surface area contributed by atoms with Gasteiger partial charge in [-0.15, -0.1) is 0 Å². The summed E-state index contributed by atoms with van der Waals surface area (Å²) in [5.41, 5.74) is -0.210. The molecule has 2 fully saturated rings. The van der Waals surface area contributed by atoms with Crippen LogP contribution < -0.4 is 0 Å². The second-order valence-corrected chi connectivity index (χ2v) is 8.63. The summed E-state index contributed by atoms with van der Waals surface area (Å²) >= 11 is 0. The summed E-state index contributed by atoms with van der Waals surface area (Å²) < 4.78 is 6.03. The lowest BCUT2D eigenvalue weighted by atomic mass is 9.64. The number of carbonyl (C=O) groups is 1. The standard InChI is InChI=1S/C21H36O2/c1-6-20(22)23-21(13-11-18(12-14-21)16(4)5)19-9-7-17(8-10-19)15(2)3/h6,15-19H,1,7-14H2,2-5H3. The third kappa shape index (κ3) is 4.39. The highest BCUT2D eigenvalue weighted by Gasteiger charge is 2.46. The zero-order chi connectivity index (χ0) is 17.0. The summed E-state index contributed by atoms with van der Waals surface area (Å²) in [6, 6.07) is 0. The van der Waals surface area contributed by atoms with Gasteiger partial charge in [-0.05, 0) is 81.0 Å². The second kappa shape index (κ2) is 7.85. The number of esters is 1. The molecule has 2 aliphatic rings. The first-order valence-electron chi connectivity index (χ1n) is 9.73. The largest absolute Gasteiger partial charge is 0.456 e. The monoisotopic (exact) mass is 320 g/mol. The molecule has 0 aromatic rings. The van der Waals surface area contributed by atoms with Crippen LogP contribution in [0.5, 0.6) is 0 Å². The maximum atomic E-state index is 12.0. The van der Waals surface area contributed by atoms with E-state index in [0.29, 0.717) is 5.92 Å². The van der Waals surface area contributed by atoms with Crippen molar-refractivity contribution in [2.24, 2.45) is 29.6 Å². The molecular formula is C21H36O2. The van der Waals surface area contributed by atoms with E-state index in [9.17, 15) is 4.79 Å². The van der Waals surface area contributed by atoms with Crippen LogP contribution in [0.15, 0.2) is 12.7 Å². The van der Waals surface area contributed by atoms with E-state index in [2.05, 4.69) is 34.3 Å². The van der Waals surface area contributed by atoms with Crippen LogP contribution in [-0.4, -0.2) is 11.6 Å². The van der Waals surface area contributed by atoms with Crippen molar-refractivity contribution in [3.8, 4) is 0 Å². The lowest BCUT2D eigenvalue weighted by molar-refractivity contribution is -0.170. The van der Waals surface area contributed by atoms with Crippen molar-refractivity contribution in [3.63, 3.8) is 0 Å². The molecule has 2 aliphatic carbocycles. The Bertz CT molecular complexity index is 394. The number of carbonyl (C=O) groups excluding carboxylic acids is 1. The molecule has 0 N–H and O–H groups in total. The predicted octanol–water partition coefficient (Wildman–Crippen LogP) is 5.76. The highest BCUT2D eigenvalue weighted by molar-refractivity contribution is 5.81. The molecular weight excluding hydrogens is 284 g/mol. The van der Waals surface area contributed by atoms with Crippen LogP contribution >= 0.6 is 0 Å². The molecule has 2 heteroatoms. The zero-order valence-electron chi connectivity index (χ0n) is 15.6. The molecule has 0 radical (unpaired) electrons. The summed E-state index contributed by atoms with van der Waals surface area (Å²) in [5, 5.41) is 0. The van der Waals surface area contributed by atoms with Crippen molar-refractivity contribution in [2.45, 2.75) is 84.7 Å². The van der Waals surface area contributed by atoms with Gasteiger partial charge in [0.05, 0.1) is 0 Å². The van der Waals surface area contributed by atoms with Crippen molar-refractivity contribution < 1.29 is 9.53 Å².